The fourth-order valence-corrected chi connectivity index (χ4v) is 4.09. The maximum absolute atomic E-state index is 2.54. The Bertz CT molecular complexity index is 572. The van der Waals surface area contributed by atoms with Crippen molar-refractivity contribution in [2.24, 2.45) is 0 Å². The number of hydrogen-bond donors (Lipinski definition) is 0. The summed E-state index contributed by atoms with van der Waals surface area (Å²) in [5.41, 5.74) is 5.65. The normalized spacial score (nSPS) is 21.5. The number of anilines is 1. The van der Waals surface area contributed by atoms with Crippen LogP contribution in [0.15, 0.2) is 47.7 Å². The number of allylic oxidation sites excluding steroid dienone is 3. The molecular weight excluding hydrogens is 276 g/mol. The van der Waals surface area contributed by atoms with Crippen LogP contribution >= 0.6 is 11.9 Å². The molecule has 3 rings (SSSR count). The summed E-state index contributed by atoms with van der Waals surface area (Å²) in [4.78, 5) is 2.54. The van der Waals surface area contributed by atoms with E-state index in [-0.39, 0.29) is 0 Å². The van der Waals surface area contributed by atoms with E-state index in [9.17, 15) is 0 Å². The first kappa shape index (κ1) is 14.6. The highest BCUT2D eigenvalue weighted by Crippen LogP contribution is 2.35. The van der Waals surface area contributed by atoms with E-state index in [2.05, 4.69) is 66.5 Å². The molecule has 0 bridgehead atoms. The van der Waals surface area contributed by atoms with Gasteiger partial charge in [0.2, 0.25) is 0 Å². The monoisotopic (exact) mass is 300 g/mol. The molecule has 0 unspecified atom stereocenters. The molecule has 1 atom stereocenters. The minimum absolute atomic E-state index is 0.536. The van der Waals surface area contributed by atoms with E-state index in [0.29, 0.717) is 5.25 Å². The number of para-hydroxylation sites is 1. The van der Waals surface area contributed by atoms with Gasteiger partial charge >= 0.3 is 0 Å². The average molecular weight is 300 g/mol. The van der Waals surface area contributed by atoms with Gasteiger partial charge in [-0.2, -0.15) is 0 Å². The second-order valence-corrected chi connectivity index (χ2v) is 7.33. The van der Waals surface area contributed by atoms with E-state index in [1.165, 1.54) is 36.3 Å². The zero-order chi connectivity index (χ0) is 14.8. The molecule has 0 spiro atoms. The lowest BCUT2D eigenvalue weighted by Gasteiger charge is -2.39. The van der Waals surface area contributed by atoms with E-state index < -0.39 is 0 Å². The van der Waals surface area contributed by atoms with E-state index in [1.54, 1.807) is 5.70 Å². The van der Waals surface area contributed by atoms with Gasteiger partial charge < -0.3 is 9.21 Å². The molecule has 2 aliphatic rings. The van der Waals surface area contributed by atoms with Gasteiger partial charge in [-0.1, -0.05) is 30.4 Å². The molecule has 0 aromatic heterocycles. The van der Waals surface area contributed by atoms with Gasteiger partial charge in [0.15, 0.2) is 0 Å². The fraction of sp³-hybridized carbons (Fsp3) is 0.444. The van der Waals surface area contributed by atoms with Gasteiger partial charge in [0.05, 0.1) is 0 Å². The molecule has 1 aromatic carbocycles. The molecule has 0 radical (unpaired) electrons. The Balaban J connectivity index is 1.67. The summed E-state index contributed by atoms with van der Waals surface area (Å²) in [5.74, 6) is 0. The van der Waals surface area contributed by atoms with Gasteiger partial charge in [-0.05, 0) is 49.4 Å². The number of benzene rings is 1. The summed E-state index contributed by atoms with van der Waals surface area (Å²) >= 11 is 1.93. The number of aryl methyl sites for hydroxylation is 1. The maximum Gasteiger partial charge on any atom is 0.0495 e. The van der Waals surface area contributed by atoms with Gasteiger partial charge in [-0.3, -0.25) is 0 Å². The molecule has 0 saturated carbocycles. The van der Waals surface area contributed by atoms with Crippen molar-refractivity contribution in [1.29, 1.82) is 0 Å². The summed E-state index contributed by atoms with van der Waals surface area (Å²) in [6.45, 7) is 6.91. The molecule has 1 saturated heterocycles. The minimum atomic E-state index is 0.536. The van der Waals surface area contributed by atoms with Crippen molar-refractivity contribution < 1.29 is 0 Å². The third kappa shape index (κ3) is 3.13. The van der Waals surface area contributed by atoms with E-state index in [4.69, 9.17) is 0 Å². The lowest BCUT2D eigenvalue weighted by Crippen LogP contribution is -2.38. The van der Waals surface area contributed by atoms with Crippen molar-refractivity contribution in [3.8, 4) is 0 Å². The van der Waals surface area contributed by atoms with Crippen LogP contribution in [0.3, 0.4) is 0 Å². The third-order valence-electron chi connectivity index (χ3n) is 4.40. The fourth-order valence-electron chi connectivity index (χ4n) is 2.98. The molecule has 21 heavy (non-hydrogen) atoms. The maximum atomic E-state index is 2.54. The summed E-state index contributed by atoms with van der Waals surface area (Å²) in [6, 6.07) is 8.60. The third-order valence-corrected chi connectivity index (χ3v) is 5.50. The highest BCUT2D eigenvalue weighted by molar-refractivity contribution is 8.01. The largest absolute Gasteiger partial charge is 0.374 e. The molecule has 1 aromatic rings. The Hall–Kier alpha value is -1.35. The Morgan fingerprint density at radius 1 is 1.19 bits per heavy atom. The zero-order valence-corrected chi connectivity index (χ0v) is 14.0. The SMILES string of the molecule is CC1=C(N2CCC2)C[C@@H](SN(C)c2ccccc2C)C=C1. The zero-order valence-electron chi connectivity index (χ0n) is 13.2. The summed E-state index contributed by atoms with van der Waals surface area (Å²) in [5, 5.41) is 0.536. The van der Waals surface area contributed by atoms with Crippen molar-refractivity contribution in [3.63, 3.8) is 0 Å². The van der Waals surface area contributed by atoms with Gasteiger partial charge in [-0.25, -0.2) is 0 Å². The van der Waals surface area contributed by atoms with Crippen LogP contribution in [0.4, 0.5) is 5.69 Å². The molecule has 2 nitrogen and oxygen atoms in total. The van der Waals surface area contributed by atoms with Crippen LogP contribution in [0, 0.1) is 6.92 Å². The minimum Gasteiger partial charge on any atom is -0.374 e. The molecule has 1 aliphatic carbocycles. The number of rotatable bonds is 4. The van der Waals surface area contributed by atoms with Crippen molar-refractivity contribution in [2.75, 3.05) is 24.4 Å². The first-order valence-corrected chi connectivity index (χ1v) is 8.58. The van der Waals surface area contributed by atoms with Crippen LogP contribution in [-0.2, 0) is 0 Å². The quantitative estimate of drug-likeness (QED) is 0.762. The van der Waals surface area contributed by atoms with Gasteiger partial charge in [0.1, 0.15) is 0 Å². The number of nitrogens with zero attached hydrogens (tertiary/aromatic N) is 2. The molecule has 0 N–H and O–H groups in total. The summed E-state index contributed by atoms with van der Waals surface area (Å²) in [7, 11) is 2.18. The molecule has 1 heterocycles. The molecule has 1 fully saturated rings. The Labute approximate surface area is 132 Å². The molecule has 1 aliphatic heterocycles. The Morgan fingerprint density at radius 3 is 2.62 bits per heavy atom. The average Bonchev–Trinajstić information content (AvgIpc) is 2.41. The number of likely N-dealkylation sites (tertiary alicyclic amines) is 1. The lowest BCUT2D eigenvalue weighted by atomic mass is 10.0. The van der Waals surface area contributed by atoms with E-state index in [1.807, 2.05) is 11.9 Å². The molecule has 3 heteroatoms. The molecule has 112 valence electrons. The Kier molecular flexibility index (Phi) is 4.29. The topological polar surface area (TPSA) is 6.48 Å². The lowest BCUT2D eigenvalue weighted by molar-refractivity contribution is 0.228. The van der Waals surface area contributed by atoms with Crippen molar-refractivity contribution in [2.45, 2.75) is 31.9 Å². The molecular formula is C18H24N2S. The van der Waals surface area contributed by atoms with Crippen LogP contribution in [0.5, 0.6) is 0 Å². The Morgan fingerprint density at radius 2 is 1.95 bits per heavy atom. The van der Waals surface area contributed by atoms with Crippen LogP contribution in [0.25, 0.3) is 0 Å². The first-order chi connectivity index (χ1) is 10.1. The summed E-state index contributed by atoms with van der Waals surface area (Å²) < 4.78 is 2.32. The van der Waals surface area contributed by atoms with Crippen LogP contribution < -0.4 is 4.31 Å². The second kappa shape index (κ2) is 6.18. The molecule has 0 amide bonds. The van der Waals surface area contributed by atoms with Crippen molar-refractivity contribution in [3.05, 3.63) is 53.3 Å². The van der Waals surface area contributed by atoms with Gasteiger partial charge in [0.25, 0.3) is 0 Å². The van der Waals surface area contributed by atoms with Crippen molar-refractivity contribution in [1.82, 2.24) is 4.90 Å². The summed E-state index contributed by atoms with van der Waals surface area (Å²) in [6.07, 6.45) is 7.17. The van der Waals surface area contributed by atoms with Gasteiger partial charge in [0, 0.05) is 43.2 Å². The first-order valence-electron chi connectivity index (χ1n) is 7.74. The van der Waals surface area contributed by atoms with Gasteiger partial charge in [-0.15, -0.1) is 0 Å². The van der Waals surface area contributed by atoms with Crippen LogP contribution in [0.1, 0.15) is 25.3 Å². The van der Waals surface area contributed by atoms with Crippen LogP contribution in [0.2, 0.25) is 0 Å². The highest BCUT2D eigenvalue weighted by Gasteiger charge is 2.24. The second-order valence-electron chi connectivity index (χ2n) is 5.96. The van der Waals surface area contributed by atoms with Crippen LogP contribution in [-0.4, -0.2) is 30.3 Å². The standard InChI is InChI=1S/C18H24N2S/c1-14-7-4-5-8-17(14)19(3)21-16-10-9-15(2)18(13-16)20-11-6-12-20/h4-5,7-10,16H,6,11-13H2,1-3H3/t16-/m0/s1. The smallest absolute Gasteiger partial charge is 0.0495 e. The van der Waals surface area contributed by atoms with Crippen molar-refractivity contribution >= 4 is 17.6 Å². The highest BCUT2D eigenvalue weighted by atomic mass is 32.2. The number of hydrogen-bond acceptors (Lipinski definition) is 3. The van der Waals surface area contributed by atoms with E-state index >= 15 is 0 Å². The predicted molar refractivity (Wildman–Crippen MR) is 93.6 cm³/mol. The predicted octanol–water partition coefficient (Wildman–Crippen LogP) is 4.39. The van der Waals surface area contributed by atoms with E-state index in [0.717, 1.165) is 6.42 Å².